The van der Waals surface area contributed by atoms with E-state index in [0.29, 0.717) is 0 Å². The van der Waals surface area contributed by atoms with Crippen molar-refractivity contribution in [3.63, 3.8) is 0 Å². The van der Waals surface area contributed by atoms with Crippen LogP contribution in [0, 0.1) is 5.92 Å². The largest absolute Gasteiger partial charge is 0.333 e. The van der Waals surface area contributed by atoms with Crippen molar-refractivity contribution < 1.29 is 4.79 Å². The van der Waals surface area contributed by atoms with E-state index < -0.39 is 0 Å². The molecule has 3 heteroatoms. The Morgan fingerprint density at radius 3 is 3.25 bits per heavy atom. The molecular weight excluding hydrogens is 152 g/mol. The van der Waals surface area contributed by atoms with Crippen molar-refractivity contribution in [3.8, 4) is 0 Å². The van der Waals surface area contributed by atoms with Crippen LogP contribution in [-0.4, -0.2) is 19.0 Å². The molecule has 0 spiro atoms. The van der Waals surface area contributed by atoms with E-state index in [1.54, 1.807) is 0 Å². The van der Waals surface area contributed by atoms with E-state index in [-0.39, 0.29) is 11.8 Å². The number of carbonyl (C=O) groups is 1. The average Bonchev–Trinajstić information content (AvgIpc) is 2.05. The zero-order valence-electron chi connectivity index (χ0n) is 7.26. The lowest BCUT2D eigenvalue weighted by Crippen LogP contribution is -2.37. The highest BCUT2D eigenvalue weighted by atomic mass is 16.1. The molecule has 66 valence electrons. The molecule has 1 atom stereocenters. The van der Waals surface area contributed by atoms with Crippen molar-refractivity contribution in [2.75, 3.05) is 13.1 Å². The molecule has 0 fully saturated rings. The fourth-order valence-electron chi connectivity index (χ4n) is 1.26. The summed E-state index contributed by atoms with van der Waals surface area (Å²) < 4.78 is 0. The fraction of sp³-hybridized carbons (Fsp3) is 0.444. The second-order valence-corrected chi connectivity index (χ2v) is 2.96. The lowest BCUT2D eigenvalue weighted by Gasteiger charge is -2.18. The van der Waals surface area contributed by atoms with Gasteiger partial charge >= 0.3 is 0 Å². The van der Waals surface area contributed by atoms with Crippen molar-refractivity contribution in [2.45, 2.75) is 6.92 Å². The maximum Gasteiger partial charge on any atom is 0.232 e. The number of hydrogen-bond acceptors (Lipinski definition) is 2. The molecule has 0 aliphatic carbocycles. The molecule has 0 aromatic rings. The Hall–Kier alpha value is -1.09. The average molecular weight is 166 g/mol. The number of hydrogen-bond donors (Lipinski definition) is 2. The molecule has 1 aliphatic heterocycles. The summed E-state index contributed by atoms with van der Waals surface area (Å²) in [5, 5.41) is 5.74. The van der Waals surface area contributed by atoms with E-state index in [9.17, 15) is 4.79 Å². The first-order valence-corrected chi connectivity index (χ1v) is 4.03. The molecule has 0 saturated heterocycles. The SMILES string of the molecule is C=CNC(=O)C1C=C(C)CNC1. The highest BCUT2D eigenvalue weighted by Crippen LogP contribution is 2.07. The number of carbonyl (C=O) groups excluding carboxylic acids is 1. The first-order chi connectivity index (χ1) is 5.74. The molecule has 0 radical (unpaired) electrons. The van der Waals surface area contributed by atoms with Gasteiger partial charge in [0.2, 0.25) is 5.91 Å². The van der Waals surface area contributed by atoms with Crippen LogP contribution < -0.4 is 10.6 Å². The molecule has 3 nitrogen and oxygen atoms in total. The van der Waals surface area contributed by atoms with E-state index in [0.717, 1.165) is 13.1 Å². The quantitative estimate of drug-likeness (QED) is 0.583. The Morgan fingerprint density at radius 2 is 2.67 bits per heavy atom. The predicted octanol–water partition coefficient (Wildman–Crippen LogP) is 0.412. The molecule has 0 saturated carbocycles. The number of nitrogens with one attached hydrogen (secondary N) is 2. The lowest BCUT2D eigenvalue weighted by atomic mass is 10.0. The second-order valence-electron chi connectivity index (χ2n) is 2.96. The molecule has 2 N–H and O–H groups in total. The van der Waals surface area contributed by atoms with Gasteiger partial charge in [-0.15, -0.1) is 0 Å². The van der Waals surface area contributed by atoms with Crippen molar-refractivity contribution in [2.24, 2.45) is 5.92 Å². The van der Waals surface area contributed by atoms with Crippen LogP contribution in [-0.2, 0) is 4.79 Å². The molecule has 1 aliphatic rings. The Kier molecular flexibility index (Phi) is 3.05. The number of rotatable bonds is 2. The van der Waals surface area contributed by atoms with E-state index >= 15 is 0 Å². The van der Waals surface area contributed by atoms with Crippen LogP contribution in [0.15, 0.2) is 24.4 Å². The minimum absolute atomic E-state index is 0.0107. The van der Waals surface area contributed by atoms with Gasteiger partial charge in [0.25, 0.3) is 0 Å². The number of amides is 1. The summed E-state index contributed by atoms with van der Waals surface area (Å²) >= 11 is 0. The Morgan fingerprint density at radius 1 is 1.92 bits per heavy atom. The molecule has 12 heavy (non-hydrogen) atoms. The maximum absolute atomic E-state index is 11.3. The van der Waals surface area contributed by atoms with Gasteiger partial charge in [0.05, 0.1) is 5.92 Å². The van der Waals surface area contributed by atoms with Crippen LogP contribution in [0.5, 0.6) is 0 Å². The molecular formula is C9H14N2O. The zero-order valence-corrected chi connectivity index (χ0v) is 7.26. The van der Waals surface area contributed by atoms with Crippen LogP contribution in [0.1, 0.15) is 6.92 Å². The van der Waals surface area contributed by atoms with E-state index in [1.807, 2.05) is 13.0 Å². The van der Waals surface area contributed by atoms with Gasteiger partial charge in [-0.3, -0.25) is 4.79 Å². The molecule has 0 aromatic heterocycles. The Balaban J connectivity index is 2.56. The Bertz CT molecular complexity index is 221. The van der Waals surface area contributed by atoms with Crippen LogP contribution >= 0.6 is 0 Å². The molecule has 1 heterocycles. The summed E-state index contributed by atoms with van der Waals surface area (Å²) in [5.41, 5.74) is 1.21. The van der Waals surface area contributed by atoms with Crippen LogP contribution in [0.25, 0.3) is 0 Å². The van der Waals surface area contributed by atoms with E-state index in [1.165, 1.54) is 11.8 Å². The van der Waals surface area contributed by atoms with Gasteiger partial charge in [-0.1, -0.05) is 18.2 Å². The summed E-state index contributed by atoms with van der Waals surface area (Å²) in [4.78, 5) is 11.3. The molecule has 1 unspecified atom stereocenters. The highest BCUT2D eigenvalue weighted by molar-refractivity contribution is 5.81. The van der Waals surface area contributed by atoms with Crippen LogP contribution in [0.2, 0.25) is 0 Å². The van der Waals surface area contributed by atoms with Crippen molar-refractivity contribution in [1.29, 1.82) is 0 Å². The fourth-order valence-corrected chi connectivity index (χ4v) is 1.26. The molecule has 0 bridgehead atoms. The molecule has 1 rings (SSSR count). The highest BCUT2D eigenvalue weighted by Gasteiger charge is 2.17. The summed E-state index contributed by atoms with van der Waals surface area (Å²) in [7, 11) is 0. The zero-order chi connectivity index (χ0) is 8.97. The summed E-state index contributed by atoms with van der Waals surface area (Å²) in [5.74, 6) is -0.0340. The summed E-state index contributed by atoms with van der Waals surface area (Å²) in [6.07, 6.45) is 3.41. The minimum Gasteiger partial charge on any atom is -0.333 e. The van der Waals surface area contributed by atoms with Crippen LogP contribution in [0.4, 0.5) is 0 Å². The third-order valence-corrected chi connectivity index (χ3v) is 1.83. The van der Waals surface area contributed by atoms with Gasteiger partial charge in [-0.25, -0.2) is 0 Å². The molecule has 0 aromatic carbocycles. The second kappa shape index (κ2) is 4.07. The van der Waals surface area contributed by atoms with Gasteiger partial charge in [-0.2, -0.15) is 0 Å². The first kappa shape index (κ1) is 9.00. The lowest BCUT2D eigenvalue weighted by molar-refractivity contribution is -0.122. The monoisotopic (exact) mass is 166 g/mol. The summed E-state index contributed by atoms with van der Waals surface area (Å²) in [6, 6.07) is 0. The van der Waals surface area contributed by atoms with E-state index in [2.05, 4.69) is 17.2 Å². The van der Waals surface area contributed by atoms with Gasteiger partial charge < -0.3 is 10.6 Å². The van der Waals surface area contributed by atoms with Gasteiger partial charge in [0.1, 0.15) is 0 Å². The van der Waals surface area contributed by atoms with Crippen molar-refractivity contribution >= 4 is 5.91 Å². The van der Waals surface area contributed by atoms with Gasteiger partial charge in [0, 0.05) is 13.1 Å². The van der Waals surface area contributed by atoms with Crippen molar-refractivity contribution in [1.82, 2.24) is 10.6 Å². The minimum atomic E-state index is -0.0447. The van der Waals surface area contributed by atoms with E-state index in [4.69, 9.17) is 0 Å². The maximum atomic E-state index is 11.3. The smallest absolute Gasteiger partial charge is 0.232 e. The topological polar surface area (TPSA) is 41.1 Å². The first-order valence-electron chi connectivity index (χ1n) is 4.03. The third-order valence-electron chi connectivity index (χ3n) is 1.83. The van der Waals surface area contributed by atoms with Gasteiger partial charge in [-0.05, 0) is 13.1 Å². The molecule has 1 amide bonds. The summed E-state index contributed by atoms with van der Waals surface area (Å²) in [6.45, 7) is 7.06. The normalized spacial score (nSPS) is 22.8. The Labute approximate surface area is 72.5 Å². The standard InChI is InChI=1S/C9H14N2O/c1-3-11-9(12)8-4-7(2)5-10-6-8/h3-4,8,10H,1,5-6H2,2H3,(H,11,12). The van der Waals surface area contributed by atoms with Gasteiger partial charge in [0.15, 0.2) is 0 Å². The third kappa shape index (κ3) is 2.20. The van der Waals surface area contributed by atoms with Crippen LogP contribution in [0.3, 0.4) is 0 Å². The van der Waals surface area contributed by atoms with Crippen molar-refractivity contribution in [3.05, 3.63) is 24.4 Å². The predicted molar refractivity (Wildman–Crippen MR) is 48.5 cm³/mol.